The summed E-state index contributed by atoms with van der Waals surface area (Å²) in [6.07, 6.45) is -1.36. The molecule has 2 aromatic rings. The van der Waals surface area contributed by atoms with Gasteiger partial charge in [0.2, 0.25) is 17.5 Å². The summed E-state index contributed by atoms with van der Waals surface area (Å²) in [4.78, 5) is 108. The van der Waals surface area contributed by atoms with Crippen molar-refractivity contribution < 1.29 is 62.5 Å². The van der Waals surface area contributed by atoms with Gasteiger partial charge in [-0.25, -0.2) is 33.9 Å². The number of carbonyl (C=O) groups is 7. The van der Waals surface area contributed by atoms with Crippen molar-refractivity contribution in [2.75, 3.05) is 25.5 Å². The van der Waals surface area contributed by atoms with Gasteiger partial charge in [0.25, 0.3) is 5.91 Å². The van der Waals surface area contributed by atoms with Crippen LogP contribution >= 0.6 is 11.3 Å². The molecular weight excluding hydrogens is 901 g/mol. The quantitative estimate of drug-likeness (QED) is 0.0421. The highest BCUT2D eigenvalue weighted by atomic mass is 32.1. The number of aliphatic imine (C=N–C) groups is 1. The number of β-lactam (4-membered cyclic amide) rings is 1. The standard InChI is InChI=1S/C41H62N12O13S/c1-37(2,3)62-33(58)42-17-14-18-52(36(61)65-40(10,11)12)32(48-35(60)64-39(7,8)9)51(13)20-23-19-43-53(49-23)21-24-26(28(54)44-24)46-29(55)27(50-66-41(15-16-41)30(56)57)25-22-67-31(45-25)47-34(59)63-38(4,5)6/h19,22,24,26H,14-18,20-21H2,1-13H3,(H,42,58)(H,44,54)(H,46,55)(H,56,57)(H,45,47,59)/b48-32+,50-27?/t24-,26-/m0/s1. The number of ether oxygens (including phenoxy) is 4. The number of aromatic nitrogens is 4. The number of thiazole rings is 1. The lowest BCUT2D eigenvalue weighted by Crippen LogP contribution is -2.70. The van der Waals surface area contributed by atoms with Crippen LogP contribution in [0.15, 0.2) is 21.7 Å². The van der Waals surface area contributed by atoms with Gasteiger partial charge in [-0.15, -0.1) is 16.3 Å². The van der Waals surface area contributed by atoms with Crippen molar-refractivity contribution in [3.05, 3.63) is 23.0 Å². The second-order valence-corrected chi connectivity index (χ2v) is 20.5. The minimum atomic E-state index is -1.62. The molecule has 0 bridgehead atoms. The van der Waals surface area contributed by atoms with Crippen molar-refractivity contribution in [3.63, 3.8) is 0 Å². The Morgan fingerprint density at radius 3 is 2.10 bits per heavy atom. The van der Waals surface area contributed by atoms with Crippen LogP contribution in [0.25, 0.3) is 0 Å². The van der Waals surface area contributed by atoms with Crippen molar-refractivity contribution in [2.45, 2.75) is 156 Å². The smallest absolute Gasteiger partial charge is 0.437 e. The first-order valence-corrected chi connectivity index (χ1v) is 22.2. The lowest BCUT2D eigenvalue weighted by Gasteiger charge is -2.36. The Morgan fingerprint density at radius 1 is 0.925 bits per heavy atom. The van der Waals surface area contributed by atoms with Gasteiger partial charge in [-0.05, 0) is 89.5 Å². The van der Waals surface area contributed by atoms with Crippen LogP contribution in [0.2, 0.25) is 0 Å². The minimum absolute atomic E-state index is 0.0420. The number of hydrogen-bond acceptors (Lipinski definition) is 17. The van der Waals surface area contributed by atoms with Gasteiger partial charge in [-0.2, -0.15) is 15.0 Å². The number of hydrogen-bond donors (Lipinski definition) is 5. The van der Waals surface area contributed by atoms with Crippen molar-refractivity contribution in [2.24, 2.45) is 10.1 Å². The van der Waals surface area contributed by atoms with E-state index in [-0.39, 0.29) is 62.2 Å². The lowest BCUT2D eigenvalue weighted by atomic mass is 9.98. The molecule has 5 N–H and O–H groups in total. The van der Waals surface area contributed by atoms with E-state index >= 15 is 0 Å². The maximum Gasteiger partial charge on any atom is 0.437 e. The molecule has 2 aromatic heterocycles. The summed E-state index contributed by atoms with van der Waals surface area (Å²) < 4.78 is 21.7. The summed E-state index contributed by atoms with van der Waals surface area (Å²) in [7, 11) is 1.56. The maximum absolute atomic E-state index is 13.8. The number of aliphatic carboxylic acids is 1. The first kappa shape index (κ1) is 53.0. The SMILES string of the molecule is CN(Cc1cnn(C[C@@H]2NC(=O)[C@H]2NC(=O)C(=NOC2(C(=O)O)CC2)c2csc(NC(=O)OC(C)(C)C)n2)n1)/C(=N\C(=O)OC(C)(C)C)N(CCCNC(=O)OC(C)(C)C)C(=O)OC(C)(C)C. The van der Waals surface area contributed by atoms with Gasteiger partial charge in [0, 0.05) is 38.4 Å². The van der Waals surface area contributed by atoms with Gasteiger partial charge >= 0.3 is 30.3 Å². The van der Waals surface area contributed by atoms with Gasteiger partial charge in [0.1, 0.15) is 39.8 Å². The summed E-state index contributed by atoms with van der Waals surface area (Å²) in [5.41, 5.74) is -5.22. The number of guanidine groups is 1. The molecule has 1 aliphatic heterocycles. The van der Waals surface area contributed by atoms with Gasteiger partial charge in [-0.3, -0.25) is 14.9 Å². The first-order valence-electron chi connectivity index (χ1n) is 21.3. The largest absolute Gasteiger partial charge is 0.478 e. The van der Waals surface area contributed by atoms with Crippen LogP contribution in [0.4, 0.5) is 24.3 Å². The number of carbonyl (C=O) groups excluding carboxylic acids is 6. The molecule has 370 valence electrons. The van der Waals surface area contributed by atoms with E-state index in [1.807, 2.05) is 0 Å². The average molecular weight is 963 g/mol. The molecule has 0 spiro atoms. The Bertz CT molecular complexity index is 2230. The van der Waals surface area contributed by atoms with Crippen LogP contribution in [-0.4, -0.2) is 149 Å². The topological polar surface area (TPSA) is 309 Å². The zero-order valence-electron chi connectivity index (χ0n) is 40.1. The molecule has 2 aliphatic rings. The molecule has 1 saturated carbocycles. The molecule has 67 heavy (non-hydrogen) atoms. The Balaban J connectivity index is 1.51. The minimum Gasteiger partial charge on any atom is -0.478 e. The molecule has 1 saturated heterocycles. The van der Waals surface area contributed by atoms with Crippen molar-refractivity contribution >= 4 is 70.3 Å². The maximum atomic E-state index is 13.8. The van der Waals surface area contributed by atoms with E-state index in [1.165, 1.54) is 21.3 Å². The second kappa shape index (κ2) is 20.9. The van der Waals surface area contributed by atoms with Crippen molar-refractivity contribution in [1.29, 1.82) is 0 Å². The molecule has 3 heterocycles. The molecule has 2 atom stereocenters. The third kappa shape index (κ3) is 17.0. The molecule has 25 nitrogen and oxygen atoms in total. The van der Waals surface area contributed by atoms with Gasteiger partial charge < -0.3 is 49.7 Å². The molecule has 0 aromatic carbocycles. The zero-order chi connectivity index (χ0) is 50.3. The number of nitrogens with zero attached hydrogens (tertiary/aromatic N) is 8. The predicted molar refractivity (Wildman–Crippen MR) is 240 cm³/mol. The van der Waals surface area contributed by atoms with E-state index in [2.05, 4.69) is 46.6 Å². The Labute approximate surface area is 391 Å². The Kier molecular flexibility index (Phi) is 16.6. The predicted octanol–water partition coefficient (Wildman–Crippen LogP) is 3.98. The summed E-state index contributed by atoms with van der Waals surface area (Å²) in [5, 5.41) is 34.2. The number of rotatable bonds is 15. The number of carboxylic acid groups (broad SMARTS) is 1. The summed E-state index contributed by atoms with van der Waals surface area (Å²) in [6, 6.07) is -1.88. The molecule has 0 radical (unpaired) electrons. The summed E-state index contributed by atoms with van der Waals surface area (Å²) >= 11 is 0.938. The molecule has 0 unspecified atom stereocenters. The van der Waals surface area contributed by atoms with Gasteiger partial charge in [-0.1, -0.05) is 5.16 Å². The highest BCUT2D eigenvalue weighted by Gasteiger charge is 2.55. The average Bonchev–Trinajstić information content (AvgIpc) is 3.61. The monoisotopic (exact) mass is 962 g/mol. The van der Waals surface area contributed by atoms with Crippen LogP contribution in [-0.2, 0) is 51.3 Å². The summed E-state index contributed by atoms with van der Waals surface area (Å²) in [6.45, 7) is 20.1. The van der Waals surface area contributed by atoms with Gasteiger partial charge in [0.15, 0.2) is 10.8 Å². The second-order valence-electron chi connectivity index (χ2n) is 19.6. The zero-order valence-corrected chi connectivity index (χ0v) is 40.9. The van der Waals surface area contributed by atoms with E-state index in [9.17, 15) is 38.7 Å². The highest BCUT2D eigenvalue weighted by molar-refractivity contribution is 7.14. The third-order valence-corrected chi connectivity index (χ3v) is 9.38. The normalized spacial score (nSPS) is 17.2. The van der Waals surface area contributed by atoms with E-state index in [0.717, 1.165) is 16.2 Å². The van der Waals surface area contributed by atoms with Crippen LogP contribution in [0.5, 0.6) is 0 Å². The molecule has 6 amide bonds. The number of alkyl carbamates (subject to hydrolysis) is 1. The number of anilines is 1. The number of nitrogens with one attached hydrogen (secondary N) is 4. The number of amides is 6. The molecule has 26 heteroatoms. The molecule has 4 rings (SSSR count). The number of oxime groups is 1. The lowest BCUT2D eigenvalue weighted by molar-refractivity contribution is -0.153. The van der Waals surface area contributed by atoms with E-state index in [4.69, 9.17) is 23.8 Å². The van der Waals surface area contributed by atoms with Gasteiger partial charge in [0.05, 0.1) is 25.3 Å². The Hall–Kier alpha value is -6.60. The van der Waals surface area contributed by atoms with E-state index in [0.29, 0.717) is 5.69 Å². The molecular formula is C41H62N12O13S. The fourth-order valence-electron chi connectivity index (χ4n) is 5.63. The first-order chi connectivity index (χ1) is 30.8. The highest BCUT2D eigenvalue weighted by Crippen LogP contribution is 2.40. The fraction of sp³-hybridized carbons (Fsp3) is 0.659. The third-order valence-electron chi connectivity index (χ3n) is 8.63. The Morgan fingerprint density at radius 2 is 1.54 bits per heavy atom. The molecule has 1 aliphatic carbocycles. The van der Waals surface area contributed by atoms with Crippen molar-refractivity contribution in [3.8, 4) is 0 Å². The van der Waals surface area contributed by atoms with E-state index < -0.39 is 88.0 Å². The van der Waals surface area contributed by atoms with Crippen LogP contribution in [0.3, 0.4) is 0 Å². The summed E-state index contributed by atoms with van der Waals surface area (Å²) in [5.74, 6) is -2.90. The van der Waals surface area contributed by atoms with Crippen LogP contribution in [0.1, 0.15) is 114 Å². The number of carboxylic acids is 1. The molecule has 2 fully saturated rings. The van der Waals surface area contributed by atoms with Crippen molar-refractivity contribution in [1.82, 2.24) is 45.7 Å². The van der Waals surface area contributed by atoms with Crippen LogP contribution < -0.4 is 21.3 Å². The van der Waals surface area contributed by atoms with E-state index in [1.54, 1.807) is 90.1 Å². The fourth-order valence-corrected chi connectivity index (χ4v) is 6.31. The van der Waals surface area contributed by atoms with Crippen LogP contribution in [0, 0.1) is 0 Å².